The molecule has 0 fully saturated rings. The first-order chi connectivity index (χ1) is 8.56. The average molecular weight is 250 g/mol. The van der Waals surface area contributed by atoms with Crippen LogP contribution in [0.2, 0.25) is 0 Å². The average Bonchev–Trinajstić information content (AvgIpc) is 2.37. The molecule has 0 saturated heterocycles. The molecule has 0 amide bonds. The van der Waals surface area contributed by atoms with Crippen LogP contribution in [0, 0.1) is 20.8 Å². The van der Waals surface area contributed by atoms with Gasteiger partial charge in [-0.15, -0.1) is 0 Å². The summed E-state index contributed by atoms with van der Waals surface area (Å²) >= 11 is 0. The molecule has 102 valence electrons. The molecule has 18 heavy (non-hydrogen) atoms. The summed E-state index contributed by atoms with van der Waals surface area (Å²) < 4.78 is 5.42. The minimum Gasteiger partial charge on any atom is -0.496 e. The normalized spacial score (nSPS) is 12.6. The van der Waals surface area contributed by atoms with E-state index < -0.39 is 0 Å². The first-order valence-corrected chi connectivity index (χ1v) is 6.59. The maximum atomic E-state index is 5.42. The van der Waals surface area contributed by atoms with Gasteiger partial charge in [-0.2, -0.15) is 0 Å². The molecule has 1 aromatic carbocycles. The van der Waals surface area contributed by atoms with Gasteiger partial charge in [0.25, 0.3) is 0 Å². The van der Waals surface area contributed by atoms with E-state index in [1.165, 1.54) is 22.3 Å². The fourth-order valence-electron chi connectivity index (χ4n) is 2.45. The van der Waals surface area contributed by atoms with Crippen LogP contribution in [0.1, 0.15) is 35.2 Å². The van der Waals surface area contributed by atoms with Crippen molar-refractivity contribution in [3.8, 4) is 5.75 Å². The number of rotatable bonds is 6. The Morgan fingerprint density at radius 3 is 2.39 bits per heavy atom. The number of aryl methyl sites for hydroxylation is 1. The van der Waals surface area contributed by atoms with Gasteiger partial charge in [-0.25, -0.2) is 0 Å². The van der Waals surface area contributed by atoms with Gasteiger partial charge in [0.2, 0.25) is 0 Å². The fraction of sp³-hybridized carbons (Fsp3) is 0.600. The second-order valence-corrected chi connectivity index (χ2v) is 4.71. The highest BCUT2D eigenvalue weighted by molar-refractivity contribution is 5.49. The van der Waals surface area contributed by atoms with Gasteiger partial charge in [-0.3, -0.25) is 0 Å². The highest BCUT2D eigenvalue weighted by atomic mass is 16.5. The Labute approximate surface area is 111 Å². The monoisotopic (exact) mass is 250 g/mol. The molecular weight excluding hydrogens is 224 g/mol. The van der Waals surface area contributed by atoms with Crippen LogP contribution in [0.5, 0.6) is 5.75 Å². The van der Waals surface area contributed by atoms with Crippen molar-refractivity contribution in [1.82, 2.24) is 10.6 Å². The molecule has 1 atom stereocenters. The molecule has 3 nitrogen and oxygen atoms in total. The van der Waals surface area contributed by atoms with Crippen molar-refractivity contribution in [3.05, 3.63) is 28.3 Å². The Hall–Kier alpha value is -1.06. The molecule has 3 heteroatoms. The van der Waals surface area contributed by atoms with E-state index in [4.69, 9.17) is 4.74 Å². The third-order valence-corrected chi connectivity index (χ3v) is 3.62. The van der Waals surface area contributed by atoms with Gasteiger partial charge < -0.3 is 15.4 Å². The van der Waals surface area contributed by atoms with E-state index in [0.717, 1.165) is 18.8 Å². The zero-order chi connectivity index (χ0) is 13.7. The van der Waals surface area contributed by atoms with Crippen molar-refractivity contribution in [3.63, 3.8) is 0 Å². The maximum absolute atomic E-state index is 5.42. The second-order valence-electron chi connectivity index (χ2n) is 4.71. The maximum Gasteiger partial charge on any atom is 0.122 e. The van der Waals surface area contributed by atoms with Gasteiger partial charge in [-0.05, 0) is 62.7 Å². The first kappa shape index (κ1) is 15.0. The molecule has 0 heterocycles. The van der Waals surface area contributed by atoms with E-state index in [2.05, 4.69) is 44.4 Å². The zero-order valence-corrected chi connectivity index (χ0v) is 12.5. The number of ether oxygens (including phenoxy) is 1. The molecule has 0 aliphatic rings. The Morgan fingerprint density at radius 1 is 1.22 bits per heavy atom. The molecule has 0 saturated carbocycles. The molecule has 0 bridgehead atoms. The standard InChI is InChI=1S/C15H26N2O/c1-7-17-9-13(16-5)15-10(2)8-14(18-6)11(3)12(15)4/h8,13,16-17H,7,9H2,1-6H3. The van der Waals surface area contributed by atoms with Gasteiger partial charge in [-0.1, -0.05) is 6.92 Å². The summed E-state index contributed by atoms with van der Waals surface area (Å²) in [7, 11) is 3.75. The minimum absolute atomic E-state index is 0.342. The summed E-state index contributed by atoms with van der Waals surface area (Å²) in [6.45, 7) is 10.5. The molecule has 1 aromatic rings. The van der Waals surface area contributed by atoms with Crippen LogP contribution in [-0.4, -0.2) is 27.2 Å². The van der Waals surface area contributed by atoms with Gasteiger partial charge in [0.05, 0.1) is 7.11 Å². The predicted octanol–water partition coefficient (Wildman–Crippen LogP) is 2.49. The largest absolute Gasteiger partial charge is 0.496 e. The van der Waals surface area contributed by atoms with Gasteiger partial charge in [0.1, 0.15) is 5.75 Å². The summed E-state index contributed by atoms with van der Waals surface area (Å²) in [5.74, 6) is 0.979. The van der Waals surface area contributed by atoms with Crippen molar-refractivity contribution in [1.29, 1.82) is 0 Å². The van der Waals surface area contributed by atoms with Crippen LogP contribution >= 0.6 is 0 Å². The van der Waals surface area contributed by atoms with Crippen LogP contribution in [0.15, 0.2) is 6.07 Å². The zero-order valence-electron chi connectivity index (χ0n) is 12.5. The lowest BCUT2D eigenvalue weighted by atomic mass is 9.92. The van der Waals surface area contributed by atoms with Crippen molar-refractivity contribution in [2.24, 2.45) is 0 Å². The van der Waals surface area contributed by atoms with Crippen LogP contribution in [-0.2, 0) is 0 Å². The van der Waals surface area contributed by atoms with Crippen LogP contribution in [0.4, 0.5) is 0 Å². The molecule has 1 unspecified atom stereocenters. The topological polar surface area (TPSA) is 33.3 Å². The Morgan fingerprint density at radius 2 is 1.89 bits per heavy atom. The lowest BCUT2D eigenvalue weighted by molar-refractivity contribution is 0.410. The number of hydrogen-bond acceptors (Lipinski definition) is 3. The number of nitrogens with one attached hydrogen (secondary N) is 2. The summed E-state index contributed by atoms with van der Waals surface area (Å²) in [6.07, 6.45) is 0. The van der Waals surface area contributed by atoms with E-state index >= 15 is 0 Å². The molecule has 0 aromatic heterocycles. The summed E-state index contributed by atoms with van der Waals surface area (Å²) in [4.78, 5) is 0. The second kappa shape index (κ2) is 6.76. The highest BCUT2D eigenvalue weighted by Crippen LogP contribution is 2.30. The van der Waals surface area contributed by atoms with E-state index in [9.17, 15) is 0 Å². The smallest absolute Gasteiger partial charge is 0.122 e. The highest BCUT2D eigenvalue weighted by Gasteiger charge is 2.17. The summed E-state index contributed by atoms with van der Waals surface area (Å²) in [5.41, 5.74) is 5.22. The molecule has 0 aliphatic carbocycles. The van der Waals surface area contributed by atoms with E-state index in [1.807, 2.05) is 7.05 Å². The van der Waals surface area contributed by atoms with Crippen LogP contribution in [0.25, 0.3) is 0 Å². The number of benzene rings is 1. The Bertz CT molecular complexity index is 402. The fourth-order valence-corrected chi connectivity index (χ4v) is 2.45. The predicted molar refractivity (Wildman–Crippen MR) is 77.5 cm³/mol. The lowest BCUT2D eigenvalue weighted by Gasteiger charge is -2.24. The summed E-state index contributed by atoms with van der Waals surface area (Å²) in [5, 5.41) is 6.80. The first-order valence-electron chi connectivity index (χ1n) is 6.59. The molecule has 2 N–H and O–H groups in total. The van der Waals surface area contributed by atoms with Gasteiger partial charge in [0, 0.05) is 12.6 Å². The van der Waals surface area contributed by atoms with Crippen LogP contribution in [0.3, 0.4) is 0 Å². The quantitative estimate of drug-likeness (QED) is 0.814. The van der Waals surface area contributed by atoms with Gasteiger partial charge >= 0.3 is 0 Å². The van der Waals surface area contributed by atoms with Gasteiger partial charge in [0.15, 0.2) is 0 Å². The molecule has 0 radical (unpaired) electrons. The number of hydrogen-bond donors (Lipinski definition) is 2. The molecule has 0 spiro atoms. The Kier molecular flexibility index (Phi) is 5.63. The number of likely N-dealkylation sites (N-methyl/N-ethyl adjacent to an activating group) is 2. The van der Waals surface area contributed by atoms with Crippen molar-refractivity contribution >= 4 is 0 Å². The van der Waals surface area contributed by atoms with E-state index in [1.54, 1.807) is 7.11 Å². The van der Waals surface area contributed by atoms with Crippen molar-refractivity contribution in [2.75, 3.05) is 27.2 Å². The lowest BCUT2D eigenvalue weighted by Crippen LogP contribution is -2.30. The number of methoxy groups -OCH3 is 1. The third-order valence-electron chi connectivity index (χ3n) is 3.62. The molecule has 1 rings (SSSR count). The van der Waals surface area contributed by atoms with E-state index in [0.29, 0.717) is 6.04 Å². The minimum atomic E-state index is 0.342. The Balaban J connectivity index is 3.18. The third kappa shape index (κ3) is 3.03. The molecular formula is C15H26N2O. The van der Waals surface area contributed by atoms with E-state index in [-0.39, 0.29) is 0 Å². The SMILES string of the molecule is CCNCC(NC)c1c(C)cc(OC)c(C)c1C. The molecule has 0 aliphatic heterocycles. The summed E-state index contributed by atoms with van der Waals surface area (Å²) in [6, 6.07) is 2.48. The van der Waals surface area contributed by atoms with Crippen LogP contribution < -0.4 is 15.4 Å². The van der Waals surface area contributed by atoms with Crippen molar-refractivity contribution in [2.45, 2.75) is 33.7 Å². The van der Waals surface area contributed by atoms with Crippen molar-refractivity contribution < 1.29 is 4.74 Å².